The van der Waals surface area contributed by atoms with Gasteiger partial charge in [0.05, 0.1) is 0 Å². The fourth-order valence-corrected chi connectivity index (χ4v) is 1.23. The van der Waals surface area contributed by atoms with Crippen LogP contribution in [0.1, 0.15) is 20.3 Å². The van der Waals surface area contributed by atoms with Crippen molar-refractivity contribution < 1.29 is 9.59 Å². The van der Waals surface area contributed by atoms with Crippen molar-refractivity contribution in [2.45, 2.75) is 20.3 Å². The first kappa shape index (κ1) is 6.46. The van der Waals surface area contributed by atoms with E-state index in [0.29, 0.717) is 0 Å². The third-order valence-electron chi connectivity index (χ3n) is 1.85. The molecule has 2 heteroatoms. The van der Waals surface area contributed by atoms with E-state index in [1.54, 1.807) is 0 Å². The maximum absolute atomic E-state index is 10.8. The third kappa shape index (κ3) is 0.889. The second-order valence-electron chi connectivity index (χ2n) is 2.77. The van der Waals surface area contributed by atoms with Gasteiger partial charge in [-0.1, -0.05) is 13.8 Å². The van der Waals surface area contributed by atoms with E-state index in [4.69, 9.17) is 0 Å². The summed E-state index contributed by atoms with van der Waals surface area (Å²) in [5.41, 5.74) is 0. The lowest BCUT2D eigenvalue weighted by molar-refractivity contribution is -0.136. The Balaban J connectivity index is 2.77. The van der Waals surface area contributed by atoms with Crippen LogP contribution in [0.25, 0.3) is 0 Å². The monoisotopic (exact) mass is 126 g/mol. The molecule has 0 amide bonds. The molecule has 0 aromatic carbocycles. The van der Waals surface area contributed by atoms with Gasteiger partial charge in [0, 0.05) is 11.8 Å². The van der Waals surface area contributed by atoms with E-state index >= 15 is 0 Å². The lowest BCUT2D eigenvalue weighted by atomic mass is 10.1. The molecule has 0 N–H and O–H groups in total. The van der Waals surface area contributed by atoms with Crippen molar-refractivity contribution in [3.63, 3.8) is 0 Å². The van der Waals surface area contributed by atoms with Crippen LogP contribution < -0.4 is 0 Å². The molecule has 0 aromatic heterocycles. The summed E-state index contributed by atoms with van der Waals surface area (Å²) in [5.74, 6) is -0.398. The predicted molar refractivity (Wildman–Crippen MR) is 33.0 cm³/mol. The SMILES string of the molecule is CC1CC(C)C(=O)C1=O. The number of hydrogen-bond donors (Lipinski definition) is 0. The van der Waals surface area contributed by atoms with Gasteiger partial charge in [0.1, 0.15) is 0 Å². The predicted octanol–water partition coefficient (Wildman–Crippen LogP) is 0.800. The molecule has 1 aliphatic carbocycles. The quantitative estimate of drug-likeness (QED) is 0.450. The van der Waals surface area contributed by atoms with Gasteiger partial charge < -0.3 is 0 Å². The summed E-state index contributed by atoms with van der Waals surface area (Å²) in [6, 6.07) is 0. The molecule has 0 radical (unpaired) electrons. The maximum Gasteiger partial charge on any atom is 0.201 e. The van der Waals surface area contributed by atoms with Gasteiger partial charge in [-0.05, 0) is 6.42 Å². The number of carbonyl (C=O) groups is 2. The Morgan fingerprint density at radius 1 is 1.11 bits per heavy atom. The van der Waals surface area contributed by atoms with E-state index in [-0.39, 0.29) is 23.4 Å². The van der Waals surface area contributed by atoms with Crippen molar-refractivity contribution in [3.05, 3.63) is 0 Å². The van der Waals surface area contributed by atoms with Crippen LogP contribution in [0, 0.1) is 11.8 Å². The van der Waals surface area contributed by atoms with Crippen LogP contribution in [-0.2, 0) is 9.59 Å². The van der Waals surface area contributed by atoms with Crippen molar-refractivity contribution in [3.8, 4) is 0 Å². The van der Waals surface area contributed by atoms with Crippen LogP contribution in [0.5, 0.6) is 0 Å². The average Bonchev–Trinajstić information content (AvgIpc) is 1.98. The minimum absolute atomic E-state index is 0.0208. The molecular weight excluding hydrogens is 116 g/mol. The van der Waals surface area contributed by atoms with E-state index < -0.39 is 0 Å². The molecule has 1 aliphatic rings. The Kier molecular flexibility index (Phi) is 1.39. The second-order valence-corrected chi connectivity index (χ2v) is 2.77. The highest BCUT2D eigenvalue weighted by Crippen LogP contribution is 2.22. The van der Waals surface area contributed by atoms with Crippen LogP contribution in [0.4, 0.5) is 0 Å². The Hall–Kier alpha value is -0.660. The number of Topliss-reactive ketones (excluding diaryl/α,β-unsaturated/α-hetero) is 2. The van der Waals surface area contributed by atoms with E-state index in [2.05, 4.69) is 0 Å². The van der Waals surface area contributed by atoms with Gasteiger partial charge in [-0.25, -0.2) is 0 Å². The normalized spacial score (nSPS) is 35.8. The zero-order chi connectivity index (χ0) is 7.02. The van der Waals surface area contributed by atoms with Crippen molar-refractivity contribution in [1.82, 2.24) is 0 Å². The number of hydrogen-bond acceptors (Lipinski definition) is 2. The average molecular weight is 126 g/mol. The molecule has 2 unspecified atom stereocenters. The number of carbonyl (C=O) groups excluding carboxylic acids is 2. The first-order valence-electron chi connectivity index (χ1n) is 3.21. The van der Waals surface area contributed by atoms with Gasteiger partial charge in [0.15, 0.2) is 0 Å². The lowest BCUT2D eigenvalue weighted by Crippen LogP contribution is -2.12. The summed E-state index contributed by atoms with van der Waals surface area (Å²) in [4.78, 5) is 21.5. The largest absolute Gasteiger partial charge is 0.291 e. The molecule has 0 aromatic rings. The summed E-state index contributed by atoms with van der Waals surface area (Å²) < 4.78 is 0. The fraction of sp³-hybridized carbons (Fsp3) is 0.714. The van der Waals surface area contributed by atoms with Crippen LogP contribution in [0.3, 0.4) is 0 Å². The molecule has 0 heterocycles. The molecule has 2 nitrogen and oxygen atoms in total. The first-order chi connectivity index (χ1) is 4.13. The first-order valence-corrected chi connectivity index (χ1v) is 3.21. The van der Waals surface area contributed by atoms with E-state index in [1.807, 2.05) is 13.8 Å². The third-order valence-corrected chi connectivity index (χ3v) is 1.85. The van der Waals surface area contributed by atoms with Crippen LogP contribution in [0.15, 0.2) is 0 Å². The van der Waals surface area contributed by atoms with E-state index in [1.165, 1.54) is 0 Å². The van der Waals surface area contributed by atoms with Crippen molar-refractivity contribution >= 4 is 11.6 Å². The maximum atomic E-state index is 10.8. The van der Waals surface area contributed by atoms with Crippen molar-refractivity contribution in [2.24, 2.45) is 11.8 Å². The molecular formula is C7H10O2. The topological polar surface area (TPSA) is 34.1 Å². The van der Waals surface area contributed by atoms with Gasteiger partial charge in [0.2, 0.25) is 11.6 Å². The van der Waals surface area contributed by atoms with Gasteiger partial charge in [-0.2, -0.15) is 0 Å². The lowest BCUT2D eigenvalue weighted by Gasteiger charge is -1.92. The molecule has 0 aliphatic heterocycles. The highest BCUT2D eigenvalue weighted by atomic mass is 16.2. The van der Waals surface area contributed by atoms with Crippen LogP contribution in [0.2, 0.25) is 0 Å². The summed E-state index contributed by atoms with van der Waals surface area (Å²) in [6.07, 6.45) is 0.748. The molecule has 50 valence electrons. The highest BCUT2D eigenvalue weighted by molar-refractivity contribution is 6.40. The zero-order valence-corrected chi connectivity index (χ0v) is 5.68. The minimum atomic E-state index is -0.178. The summed E-state index contributed by atoms with van der Waals surface area (Å²) >= 11 is 0. The minimum Gasteiger partial charge on any atom is -0.291 e. The Morgan fingerprint density at radius 2 is 1.44 bits per heavy atom. The number of rotatable bonds is 0. The molecule has 0 bridgehead atoms. The Labute approximate surface area is 54.2 Å². The summed E-state index contributed by atoms with van der Waals surface area (Å²) in [6.45, 7) is 3.62. The standard InChI is InChI=1S/C7H10O2/c1-4-3-5(2)7(9)6(4)8/h4-5H,3H2,1-2H3. The molecule has 0 spiro atoms. The summed E-state index contributed by atoms with van der Waals surface area (Å²) in [5, 5.41) is 0. The Morgan fingerprint density at radius 3 is 1.56 bits per heavy atom. The fourth-order valence-electron chi connectivity index (χ4n) is 1.23. The van der Waals surface area contributed by atoms with Crippen molar-refractivity contribution in [1.29, 1.82) is 0 Å². The number of ketones is 2. The molecule has 1 saturated carbocycles. The highest BCUT2D eigenvalue weighted by Gasteiger charge is 2.34. The molecule has 1 fully saturated rings. The van der Waals surface area contributed by atoms with Crippen LogP contribution >= 0.6 is 0 Å². The van der Waals surface area contributed by atoms with E-state index in [0.717, 1.165) is 6.42 Å². The Bertz CT molecular complexity index is 142. The van der Waals surface area contributed by atoms with Gasteiger partial charge in [-0.3, -0.25) is 9.59 Å². The van der Waals surface area contributed by atoms with Gasteiger partial charge >= 0.3 is 0 Å². The van der Waals surface area contributed by atoms with Crippen LogP contribution in [-0.4, -0.2) is 11.6 Å². The molecule has 1 rings (SSSR count). The van der Waals surface area contributed by atoms with Gasteiger partial charge in [0.25, 0.3) is 0 Å². The van der Waals surface area contributed by atoms with E-state index in [9.17, 15) is 9.59 Å². The zero-order valence-electron chi connectivity index (χ0n) is 5.68. The molecule has 0 saturated heterocycles. The molecule has 2 atom stereocenters. The molecule has 9 heavy (non-hydrogen) atoms. The van der Waals surface area contributed by atoms with Crippen molar-refractivity contribution in [2.75, 3.05) is 0 Å². The smallest absolute Gasteiger partial charge is 0.201 e. The second kappa shape index (κ2) is 1.94. The van der Waals surface area contributed by atoms with Gasteiger partial charge in [-0.15, -0.1) is 0 Å². The summed E-state index contributed by atoms with van der Waals surface area (Å²) in [7, 11) is 0.